The molecule has 4 aromatic rings. The molecule has 0 saturated heterocycles. The van der Waals surface area contributed by atoms with Crippen molar-refractivity contribution >= 4 is 12.0 Å². The molecule has 3 N–H and O–H groups in total. The average molecular weight is 521 g/mol. The molecule has 0 aromatic heterocycles. The second-order valence-electron chi connectivity index (χ2n) is 9.95. The number of carbonyl (C=O) groups excluding carboxylic acids is 1. The molecular formula is C33H32N2O4. The summed E-state index contributed by atoms with van der Waals surface area (Å²) in [7, 11) is 0. The quantitative estimate of drug-likeness (QED) is 0.271. The predicted molar refractivity (Wildman–Crippen MR) is 152 cm³/mol. The molecule has 1 aliphatic rings. The summed E-state index contributed by atoms with van der Waals surface area (Å²) >= 11 is 0. The van der Waals surface area contributed by atoms with Gasteiger partial charge in [-0.25, -0.2) is 4.79 Å². The van der Waals surface area contributed by atoms with Gasteiger partial charge in [0.15, 0.2) is 0 Å². The lowest BCUT2D eigenvalue weighted by Gasteiger charge is -2.32. The molecule has 2 amide bonds. The van der Waals surface area contributed by atoms with E-state index in [2.05, 4.69) is 17.4 Å². The van der Waals surface area contributed by atoms with Crippen LogP contribution in [0.3, 0.4) is 0 Å². The molecular weight excluding hydrogens is 488 g/mol. The molecule has 198 valence electrons. The Hall–Kier alpha value is -4.42. The maximum absolute atomic E-state index is 13.8. The number of aliphatic hydroxyl groups is 1. The Kier molecular flexibility index (Phi) is 8.04. The minimum Gasteiger partial charge on any atom is -0.465 e. The third-order valence-electron chi connectivity index (χ3n) is 7.43. The van der Waals surface area contributed by atoms with Crippen molar-refractivity contribution in [3.05, 3.63) is 131 Å². The van der Waals surface area contributed by atoms with Gasteiger partial charge in [0.05, 0.1) is 12.6 Å². The Morgan fingerprint density at radius 1 is 0.718 bits per heavy atom. The third-order valence-corrected chi connectivity index (χ3v) is 7.43. The number of nitrogens with zero attached hydrogens (tertiary/aromatic N) is 1. The highest BCUT2D eigenvalue weighted by Gasteiger charge is 2.36. The van der Waals surface area contributed by atoms with Crippen molar-refractivity contribution in [1.29, 1.82) is 0 Å². The van der Waals surface area contributed by atoms with E-state index in [4.69, 9.17) is 0 Å². The summed E-state index contributed by atoms with van der Waals surface area (Å²) in [5.74, 6) is -0.617. The molecule has 2 atom stereocenters. The van der Waals surface area contributed by atoms with Crippen LogP contribution in [0.15, 0.2) is 109 Å². The van der Waals surface area contributed by atoms with E-state index in [1.54, 1.807) is 0 Å². The highest BCUT2D eigenvalue weighted by Crippen LogP contribution is 2.45. The Balaban J connectivity index is 1.45. The van der Waals surface area contributed by atoms with Crippen molar-refractivity contribution in [2.45, 2.75) is 30.8 Å². The summed E-state index contributed by atoms with van der Waals surface area (Å²) in [5, 5.41) is 23.4. The smallest absolute Gasteiger partial charge is 0.408 e. The summed E-state index contributed by atoms with van der Waals surface area (Å²) in [6.07, 6.45) is -0.493. The number of nitrogens with one attached hydrogen (secondary N) is 1. The number of amides is 2. The van der Waals surface area contributed by atoms with Gasteiger partial charge in [-0.05, 0) is 39.8 Å². The number of carboxylic acid groups (broad SMARTS) is 1. The highest BCUT2D eigenvalue weighted by molar-refractivity contribution is 5.86. The van der Waals surface area contributed by atoms with Gasteiger partial charge in [-0.1, -0.05) is 109 Å². The van der Waals surface area contributed by atoms with Crippen LogP contribution >= 0.6 is 0 Å². The Morgan fingerprint density at radius 2 is 1.21 bits per heavy atom. The van der Waals surface area contributed by atoms with Gasteiger partial charge >= 0.3 is 6.09 Å². The van der Waals surface area contributed by atoms with E-state index >= 15 is 0 Å². The van der Waals surface area contributed by atoms with Crippen LogP contribution in [-0.2, 0) is 17.6 Å². The molecule has 0 radical (unpaired) electrons. The third kappa shape index (κ3) is 5.86. The van der Waals surface area contributed by atoms with Crippen LogP contribution in [0.1, 0.15) is 28.2 Å². The minimum absolute atomic E-state index is 0.136. The molecule has 6 nitrogen and oxygen atoms in total. The van der Waals surface area contributed by atoms with Gasteiger partial charge < -0.3 is 15.5 Å². The summed E-state index contributed by atoms with van der Waals surface area (Å²) in [4.78, 5) is 27.8. The molecule has 0 unspecified atom stereocenters. The predicted octanol–water partition coefficient (Wildman–Crippen LogP) is 5.11. The van der Waals surface area contributed by atoms with Crippen LogP contribution in [0.25, 0.3) is 11.1 Å². The molecule has 4 aromatic carbocycles. The topological polar surface area (TPSA) is 89.9 Å². The Labute approximate surface area is 228 Å². The van der Waals surface area contributed by atoms with E-state index in [1.807, 2.05) is 97.1 Å². The lowest BCUT2D eigenvalue weighted by molar-refractivity contribution is -0.127. The lowest BCUT2D eigenvalue weighted by atomic mass is 9.94. The first-order valence-electron chi connectivity index (χ1n) is 13.2. The van der Waals surface area contributed by atoms with E-state index in [0.717, 1.165) is 33.4 Å². The van der Waals surface area contributed by atoms with E-state index in [0.29, 0.717) is 6.42 Å². The molecule has 0 heterocycles. The van der Waals surface area contributed by atoms with E-state index < -0.39 is 24.1 Å². The van der Waals surface area contributed by atoms with Gasteiger partial charge in [-0.3, -0.25) is 9.69 Å². The number of fused-ring (bicyclic) bond motifs is 3. The number of hydrogen-bond acceptors (Lipinski definition) is 3. The molecule has 1 aliphatic carbocycles. The van der Waals surface area contributed by atoms with Gasteiger partial charge in [-0.2, -0.15) is 0 Å². The van der Waals surface area contributed by atoms with Crippen LogP contribution in [-0.4, -0.2) is 52.3 Å². The van der Waals surface area contributed by atoms with E-state index in [9.17, 15) is 19.8 Å². The molecule has 5 rings (SSSR count). The largest absolute Gasteiger partial charge is 0.465 e. The van der Waals surface area contributed by atoms with E-state index in [-0.39, 0.29) is 25.5 Å². The second-order valence-corrected chi connectivity index (χ2v) is 9.95. The second kappa shape index (κ2) is 12.0. The first-order chi connectivity index (χ1) is 19.0. The van der Waals surface area contributed by atoms with Crippen molar-refractivity contribution in [3.63, 3.8) is 0 Å². The van der Waals surface area contributed by atoms with Gasteiger partial charge in [0.1, 0.15) is 6.04 Å². The number of benzene rings is 4. The zero-order valence-electron chi connectivity index (χ0n) is 21.6. The zero-order chi connectivity index (χ0) is 27.2. The van der Waals surface area contributed by atoms with Crippen molar-refractivity contribution < 1.29 is 19.8 Å². The molecule has 0 spiro atoms. The number of hydrogen-bond donors (Lipinski definition) is 3. The average Bonchev–Trinajstić information content (AvgIpc) is 3.29. The Bertz CT molecular complexity index is 1380. The summed E-state index contributed by atoms with van der Waals surface area (Å²) in [6.45, 7) is -0.119. The standard InChI is InChI=1S/C33H32N2O4/c36-22-25(19-23-11-3-1-4-12-23)34-32(37)31(20-24-13-5-2-6-14-24)35(33(38)39)21-30-28-17-9-7-15-26(28)27-16-8-10-18-29(27)30/h1-18,25,30-31,36H,19-22H2,(H,34,37)(H,38,39)/t25-,31-/m0/s1. The molecule has 0 bridgehead atoms. The fourth-order valence-electron chi connectivity index (χ4n) is 5.53. The first kappa shape index (κ1) is 26.2. The van der Waals surface area contributed by atoms with Crippen LogP contribution in [0, 0.1) is 0 Å². The highest BCUT2D eigenvalue weighted by atomic mass is 16.4. The van der Waals surface area contributed by atoms with Gasteiger partial charge in [0.25, 0.3) is 0 Å². The van der Waals surface area contributed by atoms with Crippen molar-refractivity contribution in [1.82, 2.24) is 10.2 Å². The van der Waals surface area contributed by atoms with Crippen LogP contribution in [0.2, 0.25) is 0 Å². The molecule has 0 aliphatic heterocycles. The Morgan fingerprint density at radius 3 is 1.72 bits per heavy atom. The van der Waals surface area contributed by atoms with Crippen molar-refractivity contribution in [2.75, 3.05) is 13.2 Å². The summed E-state index contributed by atoms with van der Waals surface area (Å²) in [6, 6.07) is 33.6. The molecule has 0 fully saturated rings. The van der Waals surface area contributed by atoms with Crippen LogP contribution < -0.4 is 5.32 Å². The molecule has 0 saturated carbocycles. The molecule has 39 heavy (non-hydrogen) atoms. The van der Waals surface area contributed by atoms with Gasteiger partial charge in [-0.15, -0.1) is 0 Å². The van der Waals surface area contributed by atoms with E-state index in [1.165, 1.54) is 4.90 Å². The summed E-state index contributed by atoms with van der Waals surface area (Å²) in [5.41, 5.74) is 6.14. The first-order valence-corrected chi connectivity index (χ1v) is 13.2. The van der Waals surface area contributed by atoms with Crippen LogP contribution in [0.4, 0.5) is 4.79 Å². The van der Waals surface area contributed by atoms with Crippen LogP contribution in [0.5, 0.6) is 0 Å². The van der Waals surface area contributed by atoms with Crippen molar-refractivity contribution in [2.24, 2.45) is 0 Å². The summed E-state index contributed by atoms with van der Waals surface area (Å²) < 4.78 is 0. The molecule has 6 heteroatoms. The van der Waals surface area contributed by atoms with Gasteiger partial charge in [0.2, 0.25) is 5.91 Å². The minimum atomic E-state index is -1.16. The fraction of sp³-hybridized carbons (Fsp3) is 0.212. The monoisotopic (exact) mass is 520 g/mol. The fourth-order valence-corrected chi connectivity index (χ4v) is 5.53. The number of rotatable bonds is 10. The zero-order valence-corrected chi connectivity index (χ0v) is 21.6. The number of aliphatic hydroxyl groups excluding tert-OH is 1. The number of carbonyl (C=O) groups is 2. The maximum atomic E-state index is 13.8. The lowest BCUT2D eigenvalue weighted by Crippen LogP contribution is -2.54. The maximum Gasteiger partial charge on any atom is 0.408 e. The van der Waals surface area contributed by atoms with Gasteiger partial charge in [0, 0.05) is 18.9 Å². The SMILES string of the molecule is O=C(N[C@H](CO)Cc1ccccc1)[C@H](Cc1ccccc1)N(CC1c2ccccc2-c2ccccc21)C(=O)O. The van der Waals surface area contributed by atoms with Crippen molar-refractivity contribution in [3.8, 4) is 11.1 Å². The normalized spacial score (nSPS) is 13.7.